The van der Waals surface area contributed by atoms with Gasteiger partial charge in [0, 0.05) is 17.0 Å². The van der Waals surface area contributed by atoms with Gasteiger partial charge in [0.2, 0.25) is 0 Å². The van der Waals surface area contributed by atoms with E-state index >= 15 is 0 Å². The zero-order chi connectivity index (χ0) is 12.7. The van der Waals surface area contributed by atoms with Gasteiger partial charge in [0.15, 0.2) is 0 Å². The molecule has 2 aromatic rings. The molecule has 100 valence electrons. The van der Waals surface area contributed by atoms with Crippen LogP contribution in [0.1, 0.15) is 36.6 Å². The van der Waals surface area contributed by atoms with Crippen LogP contribution in [-0.4, -0.2) is 34.1 Å². The van der Waals surface area contributed by atoms with Gasteiger partial charge in [0.25, 0.3) is 0 Å². The highest BCUT2D eigenvalue weighted by molar-refractivity contribution is 7.10. The molecule has 4 heteroatoms. The van der Waals surface area contributed by atoms with Gasteiger partial charge >= 0.3 is 0 Å². The van der Waals surface area contributed by atoms with E-state index in [1.54, 1.807) is 0 Å². The number of piperidine rings is 1. The minimum Gasteiger partial charge on any atom is -0.322 e. The molecule has 0 aliphatic carbocycles. The number of aromatic nitrogens is 2. The van der Waals surface area contributed by atoms with E-state index in [0.717, 1.165) is 0 Å². The smallest absolute Gasteiger partial charge is 0.0957 e. The van der Waals surface area contributed by atoms with Gasteiger partial charge in [0.1, 0.15) is 0 Å². The molecule has 0 saturated carbocycles. The van der Waals surface area contributed by atoms with Crippen molar-refractivity contribution in [2.24, 2.45) is 0 Å². The highest BCUT2D eigenvalue weighted by Crippen LogP contribution is 2.44. The van der Waals surface area contributed by atoms with Crippen molar-refractivity contribution in [3.8, 4) is 11.3 Å². The van der Waals surface area contributed by atoms with Crippen molar-refractivity contribution >= 4 is 11.3 Å². The molecular formula is C15H19N3S. The van der Waals surface area contributed by atoms with E-state index in [4.69, 9.17) is 0 Å². The minimum atomic E-state index is 0.523. The summed E-state index contributed by atoms with van der Waals surface area (Å²) in [7, 11) is 0. The zero-order valence-electron chi connectivity index (χ0n) is 11.1. The normalized spacial score (nSPS) is 22.4. The monoisotopic (exact) mass is 273 g/mol. The lowest BCUT2D eigenvalue weighted by Gasteiger charge is -2.27. The predicted molar refractivity (Wildman–Crippen MR) is 78.6 cm³/mol. The fraction of sp³-hybridized carbons (Fsp3) is 0.533. The molecule has 0 radical (unpaired) electrons. The Morgan fingerprint density at radius 3 is 3.05 bits per heavy atom. The summed E-state index contributed by atoms with van der Waals surface area (Å²) in [5.41, 5.74) is 2.71. The van der Waals surface area contributed by atoms with Crippen molar-refractivity contribution in [1.29, 1.82) is 0 Å². The van der Waals surface area contributed by atoms with Crippen molar-refractivity contribution in [2.45, 2.75) is 31.7 Å². The van der Waals surface area contributed by atoms with Gasteiger partial charge in [-0.15, -0.1) is 11.3 Å². The molecule has 2 aliphatic heterocycles. The van der Waals surface area contributed by atoms with Crippen molar-refractivity contribution in [3.63, 3.8) is 0 Å². The molecule has 1 saturated heterocycles. The molecule has 0 amide bonds. The number of thiophene rings is 1. The Morgan fingerprint density at radius 1 is 1.26 bits per heavy atom. The first-order valence-electron chi connectivity index (χ1n) is 7.25. The summed E-state index contributed by atoms with van der Waals surface area (Å²) in [6, 6.07) is 2.77. The van der Waals surface area contributed by atoms with Gasteiger partial charge in [-0.05, 0) is 43.8 Å². The Labute approximate surface area is 117 Å². The van der Waals surface area contributed by atoms with Gasteiger partial charge in [-0.3, -0.25) is 0 Å². The van der Waals surface area contributed by atoms with Crippen LogP contribution in [0.25, 0.3) is 11.3 Å². The molecule has 4 rings (SSSR count). The molecule has 1 fully saturated rings. The molecule has 0 bridgehead atoms. The summed E-state index contributed by atoms with van der Waals surface area (Å²) in [6.45, 7) is 3.81. The number of hydrogen-bond donors (Lipinski definition) is 0. The van der Waals surface area contributed by atoms with Crippen molar-refractivity contribution in [2.75, 3.05) is 19.6 Å². The Morgan fingerprint density at radius 2 is 2.16 bits per heavy atom. The Balaban J connectivity index is 1.52. The third kappa shape index (κ3) is 1.94. The third-order valence-corrected chi connectivity index (χ3v) is 5.46. The van der Waals surface area contributed by atoms with Crippen LogP contribution in [-0.2, 0) is 0 Å². The third-order valence-electron chi connectivity index (χ3n) is 4.44. The standard InChI is InChI=1S/C15H19N3S/c1-2-6-17(7-3-1)8-4-13-15-12(5-9-19-15)14-10-16-11-18(13)14/h5,9-11,13H,1-4,6-8H2/t13-/m1/s1. The number of nitrogens with zero attached hydrogens (tertiary/aromatic N) is 3. The van der Waals surface area contributed by atoms with Crippen LogP contribution in [0.15, 0.2) is 24.0 Å². The first-order chi connectivity index (χ1) is 9.43. The fourth-order valence-corrected chi connectivity index (χ4v) is 4.48. The highest BCUT2D eigenvalue weighted by Gasteiger charge is 2.29. The van der Waals surface area contributed by atoms with E-state index in [0.29, 0.717) is 6.04 Å². The van der Waals surface area contributed by atoms with Crippen LogP contribution in [0, 0.1) is 0 Å². The SMILES string of the molecule is c1cc2c(s1)[C@@H](CCN1CCCCC1)n1cncc1-2. The second-order valence-corrected chi connectivity index (χ2v) is 6.54. The summed E-state index contributed by atoms with van der Waals surface area (Å²) in [5, 5.41) is 2.22. The molecule has 0 N–H and O–H groups in total. The van der Waals surface area contributed by atoms with E-state index in [2.05, 4.69) is 25.9 Å². The van der Waals surface area contributed by atoms with Crippen molar-refractivity contribution in [3.05, 3.63) is 28.8 Å². The predicted octanol–water partition coefficient (Wildman–Crippen LogP) is 3.39. The number of fused-ring (bicyclic) bond motifs is 3. The maximum Gasteiger partial charge on any atom is 0.0957 e. The van der Waals surface area contributed by atoms with E-state index in [1.165, 1.54) is 61.5 Å². The van der Waals surface area contributed by atoms with E-state index in [9.17, 15) is 0 Å². The Bertz CT molecular complexity index is 525. The first kappa shape index (κ1) is 11.7. The van der Waals surface area contributed by atoms with Crippen molar-refractivity contribution in [1.82, 2.24) is 14.5 Å². The number of hydrogen-bond acceptors (Lipinski definition) is 3. The summed E-state index contributed by atoms with van der Waals surface area (Å²) < 4.78 is 2.37. The average Bonchev–Trinajstić information content (AvgIpc) is 3.11. The van der Waals surface area contributed by atoms with E-state index < -0.39 is 0 Å². The molecule has 4 heterocycles. The minimum absolute atomic E-state index is 0.523. The number of imidazole rings is 1. The molecule has 3 nitrogen and oxygen atoms in total. The topological polar surface area (TPSA) is 21.1 Å². The molecule has 2 aromatic heterocycles. The highest BCUT2D eigenvalue weighted by atomic mass is 32.1. The Kier molecular flexibility index (Phi) is 2.93. The molecule has 2 aliphatic rings. The molecular weight excluding hydrogens is 254 g/mol. The lowest BCUT2D eigenvalue weighted by Crippen LogP contribution is -2.31. The van der Waals surface area contributed by atoms with Crippen LogP contribution < -0.4 is 0 Å². The molecule has 0 spiro atoms. The summed E-state index contributed by atoms with van der Waals surface area (Å²) in [5.74, 6) is 0. The van der Waals surface area contributed by atoms with Crippen molar-refractivity contribution < 1.29 is 0 Å². The van der Waals surface area contributed by atoms with Crippen LogP contribution in [0.5, 0.6) is 0 Å². The maximum atomic E-state index is 4.32. The van der Waals surface area contributed by atoms with Gasteiger partial charge in [-0.1, -0.05) is 6.42 Å². The average molecular weight is 273 g/mol. The summed E-state index contributed by atoms with van der Waals surface area (Å²) in [6.07, 6.45) is 9.41. The molecule has 1 atom stereocenters. The second-order valence-electron chi connectivity index (χ2n) is 5.59. The zero-order valence-corrected chi connectivity index (χ0v) is 11.9. The number of rotatable bonds is 3. The summed E-state index contributed by atoms with van der Waals surface area (Å²) in [4.78, 5) is 8.49. The molecule has 0 aromatic carbocycles. The lowest BCUT2D eigenvalue weighted by atomic mass is 10.1. The fourth-order valence-electron chi connectivity index (χ4n) is 3.44. The van der Waals surface area contributed by atoms with Crippen LogP contribution >= 0.6 is 11.3 Å². The van der Waals surface area contributed by atoms with Crippen LogP contribution in [0.2, 0.25) is 0 Å². The van der Waals surface area contributed by atoms with Gasteiger partial charge in [-0.25, -0.2) is 4.98 Å². The molecule has 19 heavy (non-hydrogen) atoms. The van der Waals surface area contributed by atoms with E-state index in [1.807, 2.05) is 23.9 Å². The van der Waals surface area contributed by atoms with Gasteiger partial charge in [-0.2, -0.15) is 0 Å². The van der Waals surface area contributed by atoms with Gasteiger partial charge in [0.05, 0.1) is 24.3 Å². The first-order valence-corrected chi connectivity index (χ1v) is 8.13. The molecule has 0 unspecified atom stereocenters. The van der Waals surface area contributed by atoms with Crippen LogP contribution in [0.4, 0.5) is 0 Å². The Hall–Kier alpha value is -1.13. The largest absolute Gasteiger partial charge is 0.322 e. The van der Waals surface area contributed by atoms with E-state index in [-0.39, 0.29) is 0 Å². The lowest BCUT2D eigenvalue weighted by molar-refractivity contribution is 0.219. The second kappa shape index (κ2) is 4.76. The van der Waals surface area contributed by atoms with Crippen LogP contribution in [0.3, 0.4) is 0 Å². The van der Waals surface area contributed by atoms with Gasteiger partial charge < -0.3 is 9.47 Å². The quantitative estimate of drug-likeness (QED) is 0.854. The summed E-state index contributed by atoms with van der Waals surface area (Å²) >= 11 is 1.90. The number of likely N-dealkylation sites (tertiary alicyclic amines) is 1. The maximum absolute atomic E-state index is 4.32.